The molecule has 1 aromatic heterocycles. The van der Waals surface area contributed by atoms with Crippen molar-refractivity contribution in [2.75, 3.05) is 18.5 Å². The van der Waals surface area contributed by atoms with Crippen molar-refractivity contribution in [1.82, 2.24) is 4.98 Å². The summed E-state index contributed by atoms with van der Waals surface area (Å²) in [6, 6.07) is 11.5. The Morgan fingerprint density at radius 1 is 1.12 bits per heavy atom. The van der Waals surface area contributed by atoms with Gasteiger partial charge in [-0.05, 0) is 37.6 Å². The summed E-state index contributed by atoms with van der Waals surface area (Å²) in [4.78, 5) is 4.42. The topological polar surface area (TPSA) is 58.0 Å². The second-order valence-corrected chi connectivity index (χ2v) is 5.72. The van der Waals surface area contributed by atoms with Crippen LogP contribution >= 0.6 is 0 Å². The third-order valence-corrected chi connectivity index (χ3v) is 3.83. The minimum Gasteiger partial charge on any atom is -0.494 e. The molecule has 2 aromatic rings. The second kappa shape index (κ2) is 9.71. The van der Waals surface area contributed by atoms with E-state index in [1.807, 2.05) is 43.3 Å². The molecule has 0 aliphatic heterocycles. The highest BCUT2D eigenvalue weighted by Crippen LogP contribution is 2.20. The zero-order chi connectivity index (χ0) is 17.2. The number of nitrogens with one attached hydrogen (secondary N) is 2. The first-order valence-corrected chi connectivity index (χ1v) is 8.77. The van der Waals surface area contributed by atoms with E-state index in [0.717, 1.165) is 35.7 Å². The lowest BCUT2D eigenvalue weighted by Crippen LogP contribution is -2.11. The standard InChI is InChI=1S/C20H27N3O/c1-3-5-6-7-13-22-20-18(12-9-14-23-20)19(21)16-10-8-11-17(15-16)24-4-2/h8-12,14-15,21H,3-7,13H2,1-2H3,(H,22,23). The fourth-order valence-corrected chi connectivity index (χ4v) is 2.57. The van der Waals surface area contributed by atoms with E-state index in [4.69, 9.17) is 10.1 Å². The van der Waals surface area contributed by atoms with E-state index in [2.05, 4.69) is 17.2 Å². The van der Waals surface area contributed by atoms with Crippen molar-refractivity contribution in [3.63, 3.8) is 0 Å². The molecule has 0 saturated heterocycles. The van der Waals surface area contributed by atoms with Gasteiger partial charge in [0.25, 0.3) is 0 Å². The average molecular weight is 325 g/mol. The Labute approximate surface area is 144 Å². The van der Waals surface area contributed by atoms with Crippen molar-refractivity contribution >= 4 is 11.5 Å². The van der Waals surface area contributed by atoms with E-state index in [0.29, 0.717) is 12.3 Å². The predicted molar refractivity (Wildman–Crippen MR) is 100 cm³/mol. The Hall–Kier alpha value is -2.36. The summed E-state index contributed by atoms with van der Waals surface area (Å²) in [5.74, 6) is 1.57. The smallest absolute Gasteiger partial charge is 0.135 e. The number of nitrogens with zero attached hydrogens (tertiary/aromatic N) is 1. The van der Waals surface area contributed by atoms with Crippen molar-refractivity contribution in [2.45, 2.75) is 39.5 Å². The molecule has 1 aromatic carbocycles. The van der Waals surface area contributed by atoms with Crippen LogP contribution in [-0.4, -0.2) is 23.8 Å². The van der Waals surface area contributed by atoms with Gasteiger partial charge in [0.05, 0.1) is 12.3 Å². The van der Waals surface area contributed by atoms with E-state index in [9.17, 15) is 0 Å². The minimum absolute atomic E-state index is 0.459. The maximum absolute atomic E-state index is 8.55. The molecule has 0 radical (unpaired) electrons. The quantitative estimate of drug-likeness (QED) is 0.483. The Balaban J connectivity index is 2.10. The molecule has 24 heavy (non-hydrogen) atoms. The minimum atomic E-state index is 0.459. The molecular formula is C20H27N3O. The van der Waals surface area contributed by atoms with Crippen LogP contribution in [0.2, 0.25) is 0 Å². The van der Waals surface area contributed by atoms with Gasteiger partial charge in [0, 0.05) is 23.9 Å². The molecule has 0 aliphatic carbocycles. The first kappa shape index (κ1) is 18.0. The van der Waals surface area contributed by atoms with Crippen LogP contribution in [0.4, 0.5) is 5.82 Å². The van der Waals surface area contributed by atoms with Gasteiger partial charge in [-0.25, -0.2) is 4.98 Å². The summed E-state index contributed by atoms with van der Waals surface area (Å²) in [5, 5.41) is 11.9. The van der Waals surface area contributed by atoms with Crippen molar-refractivity contribution in [3.8, 4) is 5.75 Å². The number of hydrogen-bond donors (Lipinski definition) is 2. The van der Waals surface area contributed by atoms with E-state index < -0.39 is 0 Å². The Morgan fingerprint density at radius 3 is 2.79 bits per heavy atom. The molecule has 0 unspecified atom stereocenters. The Kier molecular flexibility index (Phi) is 7.27. The van der Waals surface area contributed by atoms with Crippen LogP contribution in [0.5, 0.6) is 5.75 Å². The van der Waals surface area contributed by atoms with Crippen LogP contribution in [-0.2, 0) is 0 Å². The maximum Gasteiger partial charge on any atom is 0.135 e. The lowest BCUT2D eigenvalue weighted by molar-refractivity contribution is 0.340. The molecule has 0 amide bonds. The van der Waals surface area contributed by atoms with Gasteiger partial charge in [-0.3, -0.25) is 5.41 Å². The lowest BCUT2D eigenvalue weighted by Gasteiger charge is -2.13. The SMILES string of the molecule is CCCCCCNc1ncccc1C(=N)c1cccc(OCC)c1. The third kappa shape index (κ3) is 5.08. The number of anilines is 1. The molecule has 0 aliphatic rings. The summed E-state index contributed by atoms with van der Waals surface area (Å²) in [5.41, 5.74) is 2.12. The first-order valence-electron chi connectivity index (χ1n) is 8.77. The van der Waals surface area contributed by atoms with Crippen molar-refractivity contribution < 1.29 is 4.74 Å². The number of aromatic nitrogens is 1. The highest BCUT2D eigenvalue weighted by molar-refractivity contribution is 6.13. The monoisotopic (exact) mass is 325 g/mol. The van der Waals surface area contributed by atoms with Gasteiger partial charge in [0.2, 0.25) is 0 Å². The van der Waals surface area contributed by atoms with Gasteiger partial charge in [-0.2, -0.15) is 0 Å². The van der Waals surface area contributed by atoms with Gasteiger partial charge in [0.15, 0.2) is 0 Å². The Bertz CT molecular complexity index is 655. The average Bonchev–Trinajstić information content (AvgIpc) is 2.62. The molecule has 2 rings (SSSR count). The van der Waals surface area contributed by atoms with Crippen LogP contribution in [0.1, 0.15) is 50.7 Å². The van der Waals surface area contributed by atoms with Crippen molar-refractivity contribution in [2.24, 2.45) is 0 Å². The zero-order valence-corrected chi connectivity index (χ0v) is 14.6. The highest BCUT2D eigenvalue weighted by Gasteiger charge is 2.11. The van der Waals surface area contributed by atoms with Gasteiger partial charge in [-0.15, -0.1) is 0 Å². The van der Waals surface area contributed by atoms with E-state index >= 15 is 0 Å². The van der Waals surface area contributed by atoms with Crippen molar-refractivity contribution in [3.05, 3.63) is 53.7 Å². The van der Waals surface area contributed by atoms with E-state index in [1.54, 1.807) is 6.20 Å². The number of unbranched alkanes of at least 4 members (excludes halogenated alkanes) is 3. The molecule has 0 spiro atoms. The van der Waals surface area contributed by atoms with Crippen molar-refractivity contribution in [1.29, 1.82) is 5.41 Å². The van der Waals surface area contributed by atoms with Crippen LogP contribution in [0, 0.1) is 5.41 Å². The summed E-state index contributed by atoms with van der Waals surface area (Å²) in [7, 11) is 0. The number of hydrogen-bond acceptors (Lipinski definition) is 4. The zero-order valence-electron chi connectivity index (χ0n) is 14.6. The normalized spacial score (nSPS) is 10.4. The molecule has 0 bridgehead atoms. The number of ether oxygens (including phenoxy) is 1. The first-order chi connectivity index (χ1) is 11.8. The van der Waals surface area contributed by atoms with E-state index in [1.165, 1.54) is 19.3 Å². The van der Waals surface area contributed by atoms with Crippen LogP contribution in [0.25, 0.3) is 0 Å². The molecule has 4 nitrogen and oxygen atoms in total. The fraction of sp³-hybridized carbons (Fsp3) is 0.400. The molecule has 1 heterocycles. The largest absolute Gasteiger partial charge is 0.494 e. The second-order valence-electron chi connectivity index (χ2n) is 5.72. The maximum atomic E-state index is 8.55. The number of rotatable bonds is 10. The molecule has 0 atom stereocenters. The molecule has 2 N–H and O–H groups in total. The summed E-state index contributed by atoms with van der Waals surface area (Å²) in [6.45, 7) is 5.67. The molecule has 128 valence electrons. The molecule has 0 fully saturated rings. The summed E-state index contributed by atoms with van der Waals surface area (Å²) in [6.07, 6.45) is 6.60. The van der Waals surface area contributed by atoms with Crippen LogP contribution < -0.4 is 10.1 Å². The van der Waals surface area contributed by atoms with Gasteiger partial charge < -0.3 is 10.1 Å². The summed E-state index contributed by atoms with van der Waals surface area (Å²) < 4.78 is 5.54. The molecular weight excluding hydrogens is 298 g/mol. The summed E-state index contributed by atoms with van der Waals surface area (Å²) >= 11 is 0. The third-order valence-electron chi connectivity index (χ3n) is 3.83. The Morgan fingerprint density at radius 2 is 2.00 bits per heavy atom. The number of benzene rings is 1. The number of pyridine rings is 1. The molecule has 0 saturated carbocycles. The van der Waals surface area contributed by atoms with Crippen LogP contribution in [0.15, 0.2) is 42.6 Å². The highest BCUT2D eigenvalue weighted by atomic mass is 16.5. The van der Waals surface area contributed by atoms with Gasteiger partial charge in [-0.1, -0.05) is 38.3 Å². The van der Waals surface area contributed by atoms with Crippen LogP contribution in [0.3, 0.4) is 0 Å². The fourth-order valence-electron chi connectivity index (χ4n) is 2.57. The van der Waals surface area contributed by atoms with Gasteiger partial charge >= 0.3 is 0 Å². The van der Waals surface area contributed by atoms with E-state index in [-0.39, 0.29) is 0 Å². The lowest BCUT2D eigenvalue weighted by atomic mass is 10.0. The van der Waals surface area contributed by atoms with Gasteiger partial charge in [0.1, 0.15) is 11.6 Å². The molecule has 4 heteroatoms. The predicted octanol–water partition coefficient (Wildman–Crippen LogP) is 4.89.